The van der Waals surface area contributed by atoms with Gasteiger partial charge in [0.15, 0.2) is 5.01 Å². The van der Waals surface area contributed by atoms with Crippen molar-refractivity contribution in [3.63, 3.8) is 0 Å². The van der Waals surface area contributed by atoms with Gasteiger partial charge in [0.05, 0.1) is 13.2 Å². The highest BCUT2D eigenvalue weighted by atomic mass is 32.1. The third-order valence-corrected chi connectivity index (χ3v) is 4.47. The van der Waals surface area contributed by atoms with Crippen LogP contribution < -0.4 is 4.90 Å². The molecule has 0 aromatic carbocycles. The van der Waals surface area contributed by atoms with Crippen molar-refractivity contribution >= 4 is 16.5 Å². The summed E-state index contributed by atoms with van der Waals surface area (Å²) in [6, 6.07) is 5.74. The Morgan fingerprint density at radius 2 is 2.26 bits per heavy atom. The summed E-state index contributed by atoms with van der Waals surface area (Å²) in [5, 5.41) is 14.1. The van der Waals surface area contributed by atoms with Crippen LogP contribution in [0.4, 0.5) is 5.13 Å². The van der Waals surface area contributed by atoms with Crippen molar-refractivity contribution in [2.75, 3.05) is 24.6 Å². The number of pyridine rings is 1. The maximum atomic E-state index is 5.74. The molecule has 0 bridgehead atoms. The van der Waals surface area contributed by atoms with Crippen molar-refractivity contribution in [2.24, 2.45) is 0 Å². The zero-order chi connectivity index (χ0) is 15.6. The Labute approximate surface area is 136 Å². The molecule has 4 heterocycles. The first kappa shape index (κ1) is 14.2. The quantitative estimate of drug-likeness (QED) is 0.719. The average molecular weight is 330 g/mol. The Bertz CT molecular complexity index is 789. The molecule has 0 spiro atoms. The third-order valence-electron chi connectivity index (χ3n) is 3.47. The third kappa shape index (κ3) is 2.92. The Morgan fingerprint density at radius 1 is 1.30 bits per heavy atom. The Morgan fingerprint density at radius 3 is 3.04 bits per heavy atom. The predicted octanol–water partition coefficient (Wildman–Crippen LogP) is 1.87. The van der Waals surface area contributed by atoms with E-state index in [9.17, 15) is 0 Å². The molecule has 118 valence electrons. The monoisotopic (exact) mass is 330 g/mol. The summed E-state index contributed by atoms with van der Waals surface area (Å²) in [7, 11) is 0. The smallest absolute Gasteiger partial charge is 0.223 e. The molecule has 23 heavy (non-hydrogen) atoms. The molecular weight excluding hydrogens is 316 g/mol. The molecule has 0 aliphatic carbocycles. The number of hydrogen-bond donors (Lipinski definition) is 0. The molecular formula is C14H14N6O2S. The lowest BCUT2D eigenvalue weighted by Gasteiger charge is -2.30. The molecule has 0 N–H and O–H groups in total. The maximum absolute atomic E-state index is 5.74. The molecule has 1 fully saturated rings. The maximum Gasteiger partial charge on any atom is 0.223 e. The Balaban J connectivity index is 1.53. The Hall–Kier alpha value is -2.39. The standard InChI is InChI=1S/C14H14N6O2S/c1-9-16-12(19-22-9)11-8-20(6-7-21-11)14-18-17-13(23-14)10-4-2-3-5-15-10/h2-5,11H,6-8H2,1H3/t11-/m0/s1. The zero-order valence-corrected chi connectivity index (χ0v) is 13.2. The van der Waals surface area contributed by atoms with Crippen molar-refractivity contribution in [3.8, 4) is 10.7 Å². The van der Waals surface area contributed by atoms with Crippen LogP contribution in [0.5, 0.6) is 0 Å². The summed E-state index contributed by atoms with van der Waals surface area (Å²) < 4.78 is 10.8. The molecule has 0 unspecified atom stereocenters. The summed E-state index contributed by atoms with van der Waals surface area (Å²) in [6.07, 6.45) is 1.53. The second kappa shape index (κ2) is 6.01. The van der Waals surface area contributed by atoms with Gasteiger partial charge >= 0.3 is 0 Å². The number of aromatic nitrogens is 5. The van der Waals surface area contributed by atoms with Crippen LogP contribution in [0.15, 0.2) is 28.9 Å². The van der Waals surface area contributed by atoms with Crippen LogP contribution >= 0.6 is 11.3 Å². The predicted molar refractivity (Wildman–Crippen MR) is 83.1 cm³/mol. The minimum atomic E-state index is -0.219. The van der Waals surface area contributed by atoms with E-state index in [1.54, 1.807) is 13.1 Å². The van der Waals surface area contributed by atoms with E-state index in [1.807, 2.05) is 18.2 Å². The Kier molecular flexibility index (Phi) is 3.72. The van der Waals surface area contributed by atoms with Gasteiger partial charge < -0.3 is 14.2 Å². The van der Waals surface area contributed by atoms with Gasteiger partial charge in [-0.1, -0.05) is 22.6 Å². The lowest BCUT2D eigenvalue weighted by atomic mass is 10.2. The molecule has 3 aromatic rings. The van der Waals surface area contributed by atoms with Crippen LogP contribution in [0.3, 0.4) is 0 Å². The van der Waals surface area contributed by atoms with E-state index >= 15 is 0 Å². The average Bonchev–Trinajstić information content (AvgIpc) is 3.25. The SMILES string of the molecule is Cc1nc([C@@H]2CN(c3nnc(-c4ccccn4)s3)CCO2)no1. The largest absolute Gasteiger partial charge is 0.366 e. The van der Waals surface area contributed by atoms with Gasteiger partial charge in [-0.2, -0.15) is 4.98 Å². The van der Waals surface area contributed by atoms with Gasteiger partial charge in [0.25, 0.3) is 0 Å². The van der Waals surface area contributed by atoms with E-state index in [-0.39, 0.29) is 6.10 Å². The van der Waals surface area contributed by atoms with Crippen molar-refractivity contribution in [1.82, 2.24) is 25.3 Å². The van der Waals surface area contributed by atoms with Crippen LogP contribution in [-0.4, -0.2) is 45.0 Å². The van der Waals surface area contributed by atoms with Gasteiger partial charge in [-0.25, -0.2) is 0 Å². The summed E-state index contributed by atoms with van der Waals surface area (Å²) in [4.78, 5) is 10.7. The van der Waals surface area contributed by atoms with E-state index in [4.69, 9.17) is 9.26 Å². The molecule has 1 aliphatic rings. The second-order valence-corrected chi connectivity index (χ2v) is 6.04. The lowest BCUT2D eigenvalue weighted by Crippen LogP contribution is -2.38. The molecule has 0 saturated carbocycles. The van der Waals surface area contributed by atoms with E-state index in [0.29, 0.717) is 24.9 Å². The van der Waals surface area contributed by atoms with Crippen LogP contribution in [-0.2, 0) is 4.74 Å². The summed E-state index contributed by atoms with van der Waals surface area (Å²) in [5.41, 5.74) is 0.829. The first-order valence-electron chi connectivity index (χ1n) is 7.21. The van der Waals surface area contributed by atoms with Crippen molar-refractivity contribution < 1.29 is 9.26 Å². The van der Waals surface area contributed by atoms with E-state index < -0.39 is 0 Å². The van der Waals surface area contributed by atoms with Crippen molar-refractivity contribution in [1.29, 1.82) is 0 Å². The van der Waals surface area contributed by atoms with Gasteiger partial charge in [0.2, 0.25) is 16.8 Å². The molecule has 9 heteroatoms. The van der Waals surface area contributed by atoms with Crippen molar-refractivity contribution in [2.45, 2.75) is 13.0 Å². The minimum Gasteiger partial charge on any atom is -0.366 e. The number of anilines is 1. The molecule has 1 saturated heterocycles. The van der Waals surface area contributed by atoms with Crippen LogP contribution in [0.1, 0.15) is 17.8 Å². The summed E-state index contributed by atoms with van der Waals surface area (Å²) in [6.45, 7) is 3.72. The van der Waals surface area contributed by atoms with Gasteiger partial charge in [-0.3, -0.25) is 4.98 Å². The molecule has 8 nitrogen and oxygen atoms in total. The first-order valence-corrected chi connectivity index (χ1v) is 8.03. The fraction of sp³-hybridized carbons (Fsp3) is 0.357. The highest BCUT2D eigenvalue weighted by molar-refractivity contribution is 7.18. The number of hydrogen-bond acceptors (Lipinski definition) is 9. The second-order valence-electron chi connectivity index (χ2n) is 5.08. The molecule has 4 rings (SSSR count). The summed E-state index contributed by atoms with van der Waals surface area (Å²) >= 11 is 1.52. The molecule has 1 atom stereocenters. The van der Waals surface area contributed by atoms with Gasteiger partial charge in [0.1, 0.15) is 11.8 Å². The highest BCUT2D eigenvalue weighted by Crippen LogP contribution is 2.30. The molecule has 0 radical (unpaired) electrons. The number of rotatable bonds is 3. The molecule has 0 amide bonds. The normalized spacial score (nSPS) is 18.3. The van der Waals surface area contributed by atoms with Gasteiger partial charge in [-0.15, -0.1) is 10.2 Å². The summed E-state index contributed by atoms with van der Waals surface area (Å²) in [5.74, 6) is 1.11. The highest BCUT2D eigenvalue weighted by Gasteiger charge is 2.27. The van der Waals surface area contributed by atoms with Crippen molar-refractivity contribution in [3.05, 3.63) is 36.1 Å². The van der Waals surface area contributed by atoms with Gasteiger partial charge in [-0.05, 0) is 12.1 Å². The van der Waals surface area contributed by atoms with Crippen LogP contribution in [0.2, 0.25) is 0 Å². The fourth-order valence-corrected chi connectivity index (χ4v) is 3.22. The van der Waals surface area contributed by atoms with E-state index in [0.717, 1.165) is 22.4 Å². The first-order chi connectivity index (χ1) is 11.3. The molecule has 1 aliphatic heterocycles. The minimum absolute atomic E-state index is 0.219. The van der Waals surface area contributed by atoms with Crippen LogP contribution in [0.25, 0.3) is 10.7 Å². The molecule has 3 aromatic heterocycles. The fourth-order valence-electron chi connectivity index (χ4n) is 2.36. The lowest BCUT2D eigenvalue weighted by molar-refractivity contribution is 0.0326. The number of aryl methyl sites for hydroxylation is 1. The number of ether oxygens (including phenoxy) is 1. The topological polar surface area (TPSA) is 90.1 Å². The van der Waals surface area contributed by atoms with E-state index in [2.05, 4.69) is 30.2 Å². The van der Waals surface area contributed by atoms with E-state index in [1.165, 1.54) is 11.3 Å². The number of morpholine rings is 1. The van der Waals surface area contributed by atoms with Gasteiger partial charge in [0, 0.05) is 19.7 Å². The zero-order valence-electron chi connectivity index (χ0n) is 12.4. The van der Waals surface area contributed by atoms with Crippen LogP contribution in [0, 0.1) is 6.92 Å². The number of nitrogens with zero attached hydrogens (tertiary/aromatic N) is 6.